The first kappa shape index (κ1) is 11.2. The fourth-order valence-electron chi connectivity index (χ4n) is 1.40. The summed E-state index contributed by atoms with van der Waals surface area (Å²) >= 11 is 0. The summed E-state index contributed by atoms with van der Waals surface area (Å²) in [6.45, 7) is 6.30. The van der Waals surface area contributed by atoms with E-state index in [9.17, 15) is 0 Å². The summed E-state index contributed by atoms with van der Waals surface area (Å²) in [5.74, 6) is 0.917. The maximum Gasteiger partial charge on any atom is 0.128 e. The molecule has 0 aromatic carbocycles. The van der Waals surface area contributed by atoms with E-state index in [0.717, 1.165) is 18.8 Å². The molecule has 0 amide bonds. The van der Waals surface area contributed by atoms with Gasteiger partial charge in [-0.3, -0.25) is 0 Å². The summed E-state index contributed by atoms with van der Waals surface area (Å²) in [7, 11) is 0. The summed E-state index contributed by atoms with van der Waals surface area (Å²) in [6, 6.07) is -0.114. The van der Waals surface area contributed by atoms with Gasteiger partial charge in [0.05, 0.1) is 12.6 Å². The van der Waals surface area contributed by atoms with Gasteiger partial charge < -0.3 is 15.0 Å². The van der Waals surface area contributed by atoms with Crippen LogP contribution in [0.15, 0.2) is 12.4 Å². The first-order chi connectivity index (χ1) is 6.79. The number of rotatable bonds is 6. The van der Waals surface area contributed by atoms with Gasteiger partial charge in [-0.15, -0.1) is 0 Å². The van der Waals surface area contributed by atoms with Crippen molar-refractivity contribution in [1.82, 2.24) is 9.55 Å². The van der Waals surface area contributed by atoms with Crippen molar-refractivity contribution in [2.24, 2.45) is 5.73 Å². The van der Waals surface area contributed by atoms with Crippen LogP contribution < -0.4 is 5.73 Å². The molecule has 4 heteroatoms. The van der Waals surface area contributed by atoms with Crippen molar-refractivity contribution in [2.75, 3.05) is 13.2 Å². The Kier molecular flexibility index (Phi) is 4.62. The molecule has 0 saturated carbocycles. The monoisotopic (exact) mass is 197 g/mol. The van der Waals surface area contributed by atoms with Gasteiger partial charge in [0.1, 0.15) is 5.82 Å². The van der Waals surface area contributed by atoms with Crippen LogP contribution in [-0.4, -0.2) is 22.8 Å². The fourth-order valence-corrected chi connectivity index (χ4v) is 1.40. The van der Waals surface area contributed by atoms with E-state index in [1.165, 1.54) is 0 Å². The highest BCUT2D eigenvalue weighted by Gasteiger charge is 2.11. The van der Waals surface area contributed by atoms with Crippen molar-refractivity contribution in [1.29, 1.82) is 0 Å². The molecule has 2 N–H and O–H groups in total. The predicted molar refractivity (Wildman–Crippen MR) is 55.9 cm³/mol. The maximum atomic E-state index is 5.95. The lowest BCUT2D eigenvalue weighted by atomic mass is 10.3. The first-order valence-electron chi connectivity index (χ1n) is 5.13. The van der Waals surface area contributed by atoms with E-state index in [2.05, 4.69) is 16.5 Å². The maximum absolute atomic E-state index is 5.95. The molecular weight excluding hydrogens is 178 g/mol. The summed E-state index contributed by atoms with van der Waals surface area (Å²) in [4.78, 5) is 4.25. The minimum atomic E-state index is -0.114. The van der Waals surface area contributed by atoms with Crippen LogP contribution in [0.5, 0.6) is 0 Å². The van der Waals surface area contributed by atoms with Gasteiger partial charge in [0.15, 0.2) is 0 Å². The van der Waals surface area contributed by atoms with Crippen LogP contribution in [0.25, 0.3) is 0 Å². The molecule has 0 spiro atoms. The molecular formula is C10H19N3O. The van der Waals surface area contributed by atoms with Crippen molar-refractivity contribution in [3.8, 4) is 0 Å². The third kappa shape index (κ3) is 2.82. The van der Waals surface area contributed by atoms with Gasteiger partial charge in [0.2, 0.25) is 0 Å². The van der Waals surface area contributed by atoms with Crippen molar-refractivity contribution in [3.63, 3.8) is 0 Å². The van der Waals surface area contributed by atoms with Crippen LogP contribution >= 0.6 is 0 Å². The lowest BCUT2D eigenvalue weighted by Crippen LogP contribution is -2.21. The number of aromatic nitrogens is 2. The Labute approximate surface area is 85.1 Å². The Morgan fingerprint density at radius 1 is 1.57 bits per heavy atom. The molecule has 0 bridgehead atoms. The number of hydrogen-bond donors (Lipinski definition) is 1. The van der Waals surface area contributed by atoms with Crippen molar-refractivity contribution >= 4 is 0 Å². The molecule has 0 fully saturated rings. The lowest BCUT2D eigenvalue weighted by molar-refractivity contribution is 0.130. The van der Waals surface area contributed by atoms with Gasteiger partial charge in [-0.2, -0.15) is 0 Å². The third-order valence-electron chi connectivity index (χ3n) is 2.05. The average Bonchev–Trinajstić information content (AvgIpc) is 2.63. The van der Waals surface area contributed by atoms with Crippen LogP contribution in [0.1, 0.15) is 32.1 Å². The van der Waals surface area contributed by atoms with E-state index in [4.69, 9.17) is 10.5 Å². The number of hydrogen-bond acceptors (Lipinski definition) is 3. The minimum absolute atomic E-state index is 0.114. The Balaban J connectivity index is 2.58. The van der Waals surface area contributed by atoms with Gasteiger partial charge in [-0.1, -0.05) is 6.92 Å². The molecule has 0 aliphatic carbocycles. The third-order valence-corrected chi connectivity index (χ3v) is 2.05. The second-order valence-electron chi connectivity index (χ2n) is 3.24. The van der Waals surface area contributed by atoms with E-state index < -0.39 is 0 Å². The van der Waals surface area contributed by atoms with Crippen LogP contribution in [0.4, 0.5) is 0 Å². The van der Waals surface area contributed by atoms with E-state index in [1.54, 1.807) is 6.20 Å². The van der Waals surface area contributed by atoms with Gasteiger partial charge >= 0.3 is 0 Å². The molecule has 1 heterocycles. The molecule has 14 heavy (non-hydrogen) atoms. The molecule has 1 aromatic rings. The van der Waals surface area contributed by atoms with Crippen LogP contribution in [0, 0.1) is 0 Å². The van der Waals surface area contributed by atoms with E-state index in [0.29, 0.717) is 13.2 Å². The Morgan fingerprint density at radius 3 is 3.00 bits per heavy atom. The van der Waals surface area contributed by atoms with Crippen molar-refractivity contribution in [2.45, 2.75) is 32.9 Å². The largest absolute Gasteiger partial charge is 0.380 e. The number of imidazole rings is 1. The molecule has 0 radical (unpaired) electrons. The first-order valence-corrected chi connectivity index (χ1v) is 5.13. The topological polar surface area (TPSA) is 53.1 Å². The zero-order chi connectivity index (χ0) is 10.4. The van der Waals surface area contributed by atoms with Crippen molar-refractivity contribution < 1.29 is 4.74 Å². The van der Waals surface area contributed by atoms with Crippen LogP contribution in [-0.2, 0) is 11.3 Å². The Hall–Kier alpha value is -0.870. The molecule has 80 valence electrons. The van der Waals surface area contributed by atoms with Crippen molar-refractivity contribution in [3.05, 3.63) is 18.2 Å². The molecule has 1 unspecified atom stereocenters. The number of aryl methyl sites for hydroxylation is 1. The number of nitrogens with zero attached hydrogens (tertiary/aromatic N) is 2. The SMILES string of the molecule is CCCn1ccnc1C(N)COCC. The zero-order valence-electron chi connectivity index (χ0n) is 8.94. The quantitative estimate of drug-likeness (QED) is 0.748. The highest BCUT2D eigenvalue weighted by molar-refractivity contribution is 4.98. The Bertz CT molecular complexity index is 260. The number of ether oxygens (including phenoxy) is 1. The number of nitrogens with two attached hydrogens (primary N) is 1. The molecule has 1 atom stereocenters. The highest BCUT2D eigenvalue weighted by atomic mass is 16.5. The van der Waals surface area contributed by atoms with Crippen LogP contribution in [0.3, 0.4) is 0 Å². The van der Waals surface area contributed by atoms with E-state index in [-0.39, 0.29) is 6.04 Å². The summed E-state index contributed by atoms with van der Waals surface area (Å²) in [5.41, 5.74) is 5.95. The van der Waals surface area contributed by atoms with E-state index in [1.807, 2.05) is 13.1 Å². The Morgan fingerprint density at radius 2 is 2.36 bits per heavy atom. The minimum Gasteiger partial charge on any atom is -0.380 e. The molecule has 0 aliphatic heterocycles. The standard InChI is InChI=1S/C10H19N3O/c1-3-6-13-7-5-12-10(13)9(11)8-14-4-2/h5,7,9H,3-4,6,8,11H2,1-2H3. The second kappa shape index (κ2) is 5.78. The fraction of sp³-hybridized carbons (Fsp3) is 0.700. The molecule has 1 rings (SSSR count). The molecule has 0 aliphatic rings. The van der Waals surface area contributed by atoms with Crippen LogP contribution in [0.2, 0.25) is 0 Å². The smallest absolute Gasteiger partial charge is 0.128 e. The van der Waals surface area contributed by atoms with Gasteiger partial charge in [-0.05, 0) is 13.3 Å². The second-order valence-corrected chi connectivity index (χ2v) is 3.24. The van der Waals surface area contributed by atoms with Gasteiger partial charge in [0.25, 0.3) is 0 Å². The van der Waals surface area contributed by atoms with Gasteiger partial charge in [0, 0.05) is 25.5 Å². The molecule has 1 aromatic heterocycles. The normalized spacial score (nSPS) is 13.1. The van der Waals surface area contributed by atoms with E-state index >= 15 is 0 Å². The molecule has 4 nitrogen and oxygen atoms in total. The predicted octanol–water partition coefficient (Wildman–Crippen LogP) is 1.33. The lowest BCUT2D eigenvalue weighted by Gasteiger charge is -2.13. The van der Waals surface area contributed by atoms with Gasteiger partial charge in [-0.25, -0.2) is 4.98 Å². The summed E-state index contributed by atoms with van der Waals surface area (Å²) in [6.07, 6.45) is 4.84. The average molecular weight is 197 g/mol. The molecule has 0 saturated heterocycles. The summed E-state index contributed by atoms with van der Waals surface area (Å²) < 4.78 is 7.36. The highest BCUT2D eigenvalue weighted by Crippen LogP contribution is 2.08. The zero-order valence-corrected chi connectivity index (χ0v) is 8.94. The summed E-state index contributed by atoms with van der Waals surface area (Å²) in [5, 5.41) is 0.